The van der Waals surface area contributed by atoms with Gasteiger partial charge in [0.25, 0.3) is 0 Å². The minimum Gasteiger partial charge on any atom is -0.310 e. The molecule has 334 valence electrons. The number of nitrogens with zero attached hydrogens (tertiary/aromatic N) is 5. The van der Waals surface area contributed by atoms with Crippen molar-refractivity contribution in [3.05, 3.63) is 269 Å². The molecule has 1 aliphatic rings. The topological polar surface area (TPSA) is 46.8 Å². The van der Waals surface area contributed by atoms with Gasteiger partial charge in [-0.15, -0.1) is 0 Å². The maximum absolute atomic E-state index is 5.43. The van der Waals surface area contributed by atoms with Crippen LogP contribution in [0.3, 0.4) is 0 Å². The highest BCUT2D eigenvalue weighted by Gasteiger charge is 2.25. The minimum atomic E-state index is 0.644. The normalized spacial score (nSPS) is 12.1. The summed E-state index contributed by atoms with van der Waals surface area (Å²) in [7, 11) is 0. The largest absolute Gasteiger partial charge is 0.310 e. The van der Waals surface area contributed by atoms with Gasteiger partial charge in [0.2, 0.25) is 0 Å². The Morgan fingerprint density at radius 2 is 0.929 bits per heavy atom. The Morgan fingerprint density at radius 1 is 0.443 bits per heavy atom. The molecular weight excluding hydrogens is 919 g/mol. The maximum Gasteiger partial charge on any atom is 0.164 e. The van der Waals surface area contributed by atoms with E-state index in [1.807, 2.05) is 18.2 Å². The number of rotatable bonds is 11. The Morgan fingerprint density at radius 3 is 1.51 bits per heavy atom. The van der Waals surface area contributed by atoms with Crippen LogP contribution in [0.2, 0.25) is 0 Å². The van der Waals surface area contributed by atoms with Gasteiger partial charge in [0.15, 0.2) is 17.5 Å². The molecule has 11 aromatic rings. The van der Waals surface area contributed by atoms with Gasteiger partial charge in [0.1, 0.15) is 0 Å². The van der Waals surface area contributed by atoms with Gasteiger partial charge in [-0.3, -0.25) is 0 Å². The quantitative estimate of drug-likeness (QED) is 0.130. The lowest BCUT2D eigenvalue weighted by molar-refractivity contribution is 0.964. The zero-order valence-corrected chi connectivity index (χ0v) is 39.9. The first-order chi connectivity index (χ1) is 34.6. The van der Waals surface area contributed by atoms with E-state index in [4.69, 9.17) is 15.0 Å². The zero-order chi connectivity index (χ0) is 46.8. The van der Waals surface area contributed by atoms with E-state index in [1.165, 1.54) is 33.4 Å². The predicted molar refractivity (Wildman–Crippen MR) is 292 cm³/mol. The Hall–Kier alpha value is -8.45. The van der Waals surface area contributed by atoms with Crippen LogP contribution in [0.4, 0.5) is 17.1 Å². The molecule has 0 bridgehead atoms. The van der Waals surface area contributed by atoms with Crippen molar-refractivity contribution in [1.82, 2.24) is 19.5 Å². The molecule has 12 rings (SSSR count). The van der Waals surface area contributed by atoms with E-state index < -0.39 is 0 Å². The fourth-order valence-corrected chi connectivity index (χ4v) is 10.3. The molecule has 5 nitrogen and oxygen atoms in total. The first-order valence-corrected chi connectivity index (χ1v) is 24.6. The molecule has 0 spiro atoms. The van der Waals surface area contributed by atoms with E-state index in [2.05, 4.69) is 250 Å². The maximum atomic E-state index is 5.43. The van der Waals surface area contributed by atoms with Gasteiger partial charge in [-0.05, 0) is 107 Å². The molecule has 1 aliphatic carbocycles. The van der Waals surface area contributed by atoms with E-state index in [0.29, 0.717) is 17.5 Å². The summed E-state index contributed by atoms with van der Waals surface area (Å²) in [5, 5.41) is 3.40. The molecule has 0 N–H and O–H groups in total. The van der Waals surface area contributed by atoms with E-state index in [0.717, 1.165) is 84.7 Å². The van der Waals surface area contributed by atoms with E-state index in [1.54, 1.807) is 0 Å². The highest BCUT2D eigenvalue weighted by atomic mass is 79.9. The lowest BCUT2D eigenvalue weighted by atomic mass is 9.98. The standard InChI is InChI=1S/C64H46BrN5/c65-56-27-14-13-23-51(56)43-44-31-33-50(34-32-44)63-66-62(49-21-9-3-10-22-49)67-64(68-63)55-26-15-28-57-60(55)61-58(29-16-30-59(61)70(57)52-24-11-4-12-25-52)69(53-39-35-47(36-40-53)45-17-5-1-6-18-45)54-41-37-48(38-42-54)46-19-7-2-8-20-46/h1-14,16-25,27-42H,15,26,43H2. The van der Waals surface area contributed by atoms with Crippen molar-refractivity contribution in [1.29, 1.82) is 0 Å². The zero-order valence-electron chi connectivity index (χ0n) is 38.3. The molecule has 70 heavy (non-hydrogen) atoms. The third-order valence-electron chi connectivity index (χ3n) is 13.3. The molecule has 0 fully saturated rings. The number of anilines is 3. The number of hydrogen-bond donors (Lipinski definition) is 0. The summed E-state index contributed by atoms with van der Waals surface area (Å²) in [5.41, 5.74) is 15.5. The third-order valence-corrected chi connectivity index (χ3v) is 14.0. The Bertz CT molecular complexity index is 3680. The van der Waals surface area contributed by atoms with Gasteiger partial charge in [-0.2, -0.15) is 0 Å². The summed E-state index contributed by atoms with van der Waals surface area (Å²) >= 11 is 3.74. The first-order valence-electron chi connectivity index (χ1n) is 23.8. The highest BCUT2D eigenvalue weighted by Crippen LogP contribution is 2.40. The van der Waals surface area contributed by atoms with Crippen LogP contribution in [0.1, 0.15) is 29.8 Å². The average molecular weight is 965 g/mol. The first kappa shape index (κ1) is 42.9. The number of aromatic nitrogens is 4. The van der Waals surface area contributed by atoms with Crippen LogP contribution in [-0.4, -0.2) is 19.5 Å². The van der Waals surface area contributed by atoms with Gasteiger partial charge in [-0.25, -0.2) is 15.0 Å². The molecule has 2 heterocycles. The average Bonchev–Trinajstić information content (AvgIpc) is 3.78. The SMILES string of the molecule is Brc1ccccc1Cc1ccc(-c2nc(C3=c4c(n(-c5ccccc5)c5cccc(N(c6ccc(-c7ccccc7)cc6)c6ccc(-c7ccccc7)cc6)c45)=CCC3)nc(-c3ccccc3)n2)cc1. The van der Waals surface area contributed by atoms with Crippen LogP contribution in [0.25, 0.3) is 73.3 Å². The molecule has 6 heteroatoms. The van der Waals surface area contributed by atoms with E-state index in [9.17, 15) is 0 Å². The minimum absolute atomic E-state index is 0.644. The molecule has 0 amide bonds. The third kappa shape index (κ3) is 8.33. The van der Waals surface area contributed by atoms with Gasteiger partial charge >= 0.3 is 0 Å². The number of para-hydroxylation sites is 1. The highest BCUT2D eigenvalue weighted by molar-refractivity contribution is 9.10. The second-order valence-corrected chi connectivity index (χ2v) is 18.5. The van der Waals surface area contributed by atoms with E-state index in [-0.39, 0.29) is 0 Å². The number of fused-ring (bicyclic) bond motifs is 3. The van der Waals surface area contributed by atoms with Gasteiger partial charge < -0.3 is 9.47 Å². The Labute approximate surface area is 416 Å². The fourth-order valence-electron chi connectivity index (χ4n) is 9.87. The second kappa shape index (κ2) is 18.9. The summed E-state index contributed by atoms with van der Waals surface area (Å²) in [6, 6.07) is 83.9. The summed E-state index contributed by atoms with van der Waals surface area (Å²) in [5.74, 6) is 1.97. The molecule has 9 aromatic carbocycles. The van der Waals surface area contributed by atoms with Crippen molar-refractivity contribution < 1.29 is 0 Å². The van der Waals surface area contributed by atoms with Crippen LogP contribution >= 0.6 is 15.9 Å². The van der Waals surface area contributed by atoms with Crippen molar-refractivity contribution >= 4 is 55.5 Å². The summed E-state index contributed by atoms with van der Waals surface area (Å²) in [6.45, 7) is 0. The van der Waals surface area contributed by atoms with Crippen LogP contribution < -0.4 is 15.5 Å². The molecule has 0 saturated carbocycles. The van der Waals surface area contributed by atoms with Crippen molar-refractivity contribution in [2.45, 2.75) is 19.3 Å². The summed E-state index contributed by atoms with van der Waals surface area (Å²) in [6.07, 6.45) is 4.80. The number of halogens is 1. The molecular formula is C64H46BrN5. The fraction of sp³-hybridized carbons (Fsp3) is 0.0469. The Kier molecular flexibility index (Phi) is 11.6. The van der Waals surface area contributed by atoms with Crippen molar-refractivity contribution in [2.24, 2.45) is 0 Å². The molecule has 2 aromatic heterocycles. The molecule has 0 aliphatic heterocycles. The van der Waals surface area contributed by atoms with Crippen molar-refractivity contribution in [3.63, 3.8) is 0 Å². The van der Waals surface area contributed by atoms with Crippen LogP contribution in [0.15, 0.2) is 241 Å². The summed E-state index contributed by atoms with van der Waals surface area (Å²) in [4.78, 5) is 18.4. The van der Waals surface area contributed by atoms with Crippen LogP contribution in [0, 0.1) is 0 Å². The van der Waals surface area contributed by atoms with Crippen LogP contribution in [-0.2, 0) is 6.42 Å². The van der Waals surface area contributed by atoms with Crippen molar-refractivity contribution in [3.8, 4) is 50.7 Å². The van der Waals surface area contributed by atoms with Gasteiger partial charge in [0, 0.05) is 48.8 Å². The second-order valence-electron chi connectivity index (χ2n) is 17.6. The lowest BCUT2D eigenvalue weighted by Crippen LogP contribution is -2.33. The van der Waals surface area contributed by atoms with Gasteiger partial charge in [0.05, 0.1) is 16.6 Å². The molecule has 0 radical (unpaired) electrons. The Balaban J connectivity index is 1.10. The van der Waals surface area contributed by atoms with E-state index >= 15 is 0 Å². The monoisotopic (exact) mass is 963 g/mol. The smallest absolute Gasteiger partial charge is 0.164 e. The van der Waals surface area contributed by atoms with Crippen LogP contribution in [0.5, 0.6) is 0 Å². The lowest BCUT2D eigenvalue weighted by Gasteiger charge is -2.27. The van der Waals surface area contributed by atoms with Gasteiger partial charge in [-0.1, -0.05) is 204 Å². The summed E-state index contributed by atoms with van der Waals surface area (Å²) < 4.78 is 3.53. The number of benzene rings is 9. The molecule has 0 unspecified atom stereocenters. The predicted octanol–water partition coefficient (Wildman–Crippen LogP) is 15.1. The van der Waals surface area contributed by atoms with Crippen molar-refractivity contribution in [2.75, 3.05) is 4.90 Å². The molecule has 0 atom stereocenters. The molecule has 0 saturated heterocycles. The number of hydrogen-bond acceptors (Lipinski definition) is 4.